The van der Waals surface area contributed by atoms with Crippen molar-refractivity contribution in [3.05, 3.63) is 179 Å². The predicted molar refractivity (Wildman–Crippen MR) is 253 cm³/mol. The Bertz CT molecular complexity index is 3220. The normalized spacial score (nSPS) is 13.6. The van der Waals surface area contributed by atoms with Crippen molar-refractivity contribution in [2.75, 3.05) is 9.80 Å². The number of anilines is 6. The molecule has 12 rings (SSSR count). The third-order valence-corrected chi connectivity index (χ3v) is 13.6. The van der Waals surface area contributed by atoms with Crippen molar-refractivity contribution in [3.63, 3.8) is 0 Å². The Morgan fingerprint density at radius 3 is 1.34 bits per heavy atom. The molecule has 9 aromatic carbocycles. The van der Waals surface area contributed by atoms with Gasteiger partial charge in [0.1, 0.15) is 0 Å². The van der Waals surface area contributed by atoms with Gasteiger partial charge in [-0.2, -0.15) is 0 Å². The number of aryl methyl sites for hydroxylation is 6. The zero-order chi connectivity index (χ0) is 39.1. The van der Waals surface area contributed by atoms with Gasteiger partial charge < -0.3 is 9.80 Å². The summed E-state index contributed by atoms with van der Waals surface area (Å²) in [6.45, 7) is 13.8. The van der Waals surface area contributed by atoms with E-state index in [1.807, 2.05) is 0 Å². The number of hydrogen-bond donors (Lipinski definition) is 0. The van der Waals surface area contributed by atoms with Gasteiger partial charge in [-0.05, 0) is 120 Å². The van der Waals surface area contributed by atoms with Gasteiger partial charge in [0.2, 0.25) is 13.4 Å². The highest BCUT2D eigenvalue weighted by Gasteiger charge is 2.47. The van der Waals surface area contributed by atoms with Crippen LogP contribution in [0.5, 0.6) is 0 Å². The van der Waals surface area contributed by atoms with E-state index in [2.05, 4.69) is 197 Å². The minimum Gasteiger partial charge on any atom is -0.307 e. The standard InChI is InChI=1S/C54H42B2N2/c1-31-22-33(3)50(34(4)23-31)55-43-20-13-21-46-53(43)58(47-28-39-16-9-7-14-37(39)26-44(47)55)49-30-41-18-11-12-19-42(41)52-54(49)57(46)48-29-40-17-10-8-15-38(40)27-45(48)56(52)51-35(5)24-32(2)25-36(51)6/h7-30H,1-6H3. The molecule has 0 atom stereocenters. The molecule has 3 aliphatic heterocycles. The summed E-state index contributed by atoms with van der Waals surface area (Å²) in [6, 6.07) is 56.0. The molecule has 0 aliphatic carbocycles. The molecule has 4 heteroatoms. The topological polar surface area (TPSA) is 6.48 Å². The largest absolute Gasteiger partial charge is 0.307 e. The third kappa shape index (κ3) is 4.52. The summed E-state index contributed by atoms with van der Waals surface area (Å²) in [5.41, 5.74) is 23.9. The van der Waals surface area contributed by atoms with Crippen molar-refractivity contribution in [1.82, 2.24) is 0 Å². The van der Waals surface area contributed by atoms with E-state index in [1.54, 1.807) is 0 Å². The molecule has 3 heterocycles. The highest BCUT2D eigenvalue weighted by molar-refractivity contribution is 7.01. The quantitative estimate of drug-likeness (QED) is 0.163. The summed E-state index contributed by atoms with van der Waals surface area (Å²) in [5, 5.41) is 7.65. The lowest BCUT2D eigenvalue weighted by molar-refractivity contribution is 1.19. The molecule has 0 aromatic heterocycles. The molecular weight excluding hydrogens is 698 g/mol. The summed E-state index contributed by atoms with van der Waals surface area (Å²) in [5.74, 6) is 0. The van der Waals surface area contributed by atoms with E-state index in [-0.39, 0.29) is 13.4 Å². The van der Waals surface area contributed by atoms with Crippen molar-refractivity contribution >= 4 is 113 Å². The van der Waals surface area contributed by atoms with E-state index < -0.39 is 0 Å². The van der Waals surface area contributed by atoms with E-state index in [0.29, 0.717) is 0 Å². The molecule has 2 nitrogen and oxygen atoms in total. The van der Waals surface area contributed by atoms with Gasteiger partial charge in [0.25, 0.3) is 0 Å². The van der Waals surface area contributed by atoms with Gasteiger partial charge in [0, 0.05) is 11.4 Å². The lowest BCUT2D eigenvalue weighted by Gasteiger charge is -2.49. The lowest BCUT2D eigenvalue weighted by Crippen LogP contribution is -2.62. The van der Waals surface area contributed by atoms with E-state index in [4.69, 9.17) is 0 Å². The summed E-state index contributed by atoms with van der Waals surface area (Å²) in [4.78, 5) is 5.31. The molecule has 0 fully saturated rings. The first-order valence-electron chi connectivity index (χ1n) is 20.7. The summed E-state index contributed by atoms with van der Waals surface area (Å²) in [6.07, 6.45) is 0. The van der Waals surface area contributed by atoms with Gasteiger partial charge in [0.05, 0.1) is 22.7 Å². The first-order chi connectivity index (χ1) is 28.2. The summed E-state index contributed by atoms with van der Waals surface area (Å²) >= 11 is 0. The fourth-order valence-corrected chi connectivity index (χ4v) is 11.6. The zero-order valence-electron chi connectivity index (χ0n) is 33.9. The SMILES string of the molecule is Cc1cc(C)c(B2c3cc4ccccc4cc3N3c4cc5ccccc5c5c4N(c4cc6ccccc6cc4B5c4c(C)cc(C)cc4C)c4cccc2c43)c(C)c1. The van der Waals surface area contributed by atoms with Crippen LogP contribution in [0.3, 0.4) is 0 Å². The van der Waals surface area contributed by atoms with E-state index in [9.17, 15) is 0 Å². The van der Waals surface area contributed by atoms with Gasteiger partial charge in [-0.15, -0.1) is 0 Å². The molecule has 0 amide bonds. The third-order valence-electron chi connectivity index (χ3n) is 13.6. The second-order valence-electron chi connectivity index (χ2n) is 17.3. The second-order valence-corrected chi connectivity index (χ2v) is 17.3. The van der Waals surface area contributed by atoms with Crippen LogP contribution in [0, 0.1) is 41.5 Å². The fourth-order valence-electron chi connectivity index (χ4n) is 11.6. The van der Waals surface area contributed by atoms with Crippen LogP contribution in [0.25, 0.3) is 32.3 Å². The van der Waals surface area contributed by atoms with E-state index in [0.717, 1.165) is 0 Å². The maximum Gasteiger partial charge on any atom is 0.248 e. The lowest BCUT2D eigenvalue weighted by atomic mass is 9.32. The number of hydrogen-bond acceptors (Lipinski definition) is 2. The average Bonchev–Trinajstić information content (AvgIpc) is 3.21. The van der Waals surface area contributed by atoms with Gasteiger partial charge in [-0.1, -0.05) is 166 Å². The van der Waals surface area contributed by atoms with Crippen molar-refractivity contribution in [2.45, 2.75) is 41.5 Å². The van der Waals surface area contributed by atoms with Crippen molar-refractivity contribution in [1.29, 1.82) is 0 Å². The van der Waals surface area contributed by atoms with Crippen LogP contribution in [0.15, 0.2) is 146 Å². The van der Waals surface area contributed by atoms with Crippen LogP contribution in [-0.2, 0) is 0 Å². The Balaban J connectivity index is 1.27. The highest BCUT2D eigenvalue weighted by atomic mass is 15.3. The average molecular weight is 741 g/mol. The maximum atomic E-state index is 2.65. The van der Waals surface area contributed by atoms with Gasteiger partial charge in [-0.3, -0.25) is 0 Å². The summed E-state index contributed by atoms with van der Waals surface area (Å²) < 4.78 is 0. The minimum atomic E-state index is 0.0347. The van der Waals surface area contributed by atoms with Crippen LogP contribution in [-0.4, -0.2) is 13.4 Å². The van der Waals surface area contributed by atoms with Crippen molar-refractivity contribution in [2.24, 2.45) is 0 Å². The molecule has 0 spiro atoms. The Kier molecular flexibility index (Phi) is 6.96. The molecule has 3 aliphatic rings. The first-order valence-corrected chi connectivity index (χ1v) is 20.7. The molecule has 274 valence electrons. The Morgan fingerprint density at radius 2 is 0.776 bits per heavy atom. The van der Waals surface area contributed by atoms with Gasteiger partial charge >= 0.3 is 0 Å². The second kappa shape index (κ2) is 12.0. The van der Waals surface area contributed by atoms with Crippen LogP contribution < -0.4 is 42.6 Å². The molecule has 0 bridgehead atoms. The molecule has 0 saturated carbocycles. The zero-order valence-corrected chi connectivity index (χ0v) is 33.9. The number of para-hydroxylation sites is 1. The molecule has 0 N–H and O–H groups in total. The Labute approximate surface area is 341 Å². The molecular formula is C54H42B2N2. The Morgan fingerprint density at radius 1 is 0.328 bits per heavy atom. The van der Waals surface area contributed by atoms with Crippen molar-refractivity contribution < 1.29 is 0 Å². The van der Waals surface area contributed by atoms with Crippen molar-refractivity contribution in [3.8, 4) is 0 Å². The molecule has 0 radical (unpaired) electrons. The number of benzene rings is 9. The number of nitrogens with zero attached hydrogens (tertiary/aromatic N) is 2. The first kappa shape index (κ1) is 33.6. The van der Waals surface area contributed by atoms with Crippen LogP contribution in [0.2, 0.25) is 0 Å². The van der Waals surface area contributed by atoms with Crippen LogP contribution in [0.1, 0.15) is 33.4 Å². The summed E-state index contributed by atoms with van der Waals surface area (Å²) in [7, 11) is 0. The van der Waals surface area contributed by atoms with Gasteiger partial charge in [0.15, 0.2) is 0 Å². The Hall–Kier alpha value is -6.51. The fraction of sp³-hybridized carbons (Fsp3) is 0.111. The predicted octanol–water partition coefficient (Wildman–Crippen LogP) is 9.91. The van der Waals surface area contributed by atoms with E-state index in [1.165, 1.54) is 133 Å². The smallest absolute Gasteiger partial charge is 0.248 e. The number of fused-ring (bicyclic) bond motifs is 10. The number of rotatable bonds is 2. The molecule has 0 unspecified atom stereocenters. The van der Waals surface area contributed by atoms with Crippen LogP contribution >= 0.6 is 0 Å². The maximum absolute atomic E-state index is 2.65. The van der Waals surface area contributed by atoms with E-state index >= 15 is 0 Å². The molecule has 0 saturated heterocycles. The van der Waals surface area contributed by atoms with Crippen LogP contribution in [0.4, 0.5) is 34.1 Å². The molecule has 9 aromatic rings. The highest BCUT2D eigenvalue weighted by Crippen LogP contribution is 2.56. The minimum absolute atomic E-state index is 0.0347. The monoisotopic (exact) mass is 740 g/mol. The molecule has 58 heavy (non-hydrogen) atoms. The van der Waals surface area contributed by atoms with Gasteiger partial charge in [-0.25, -0.2) is 0 Å².